The van der Waals surface area contributed by atoms with Gasteiger partial charge in [-0.25, -0.2) is 9.59 Å². The summed E-state index contributed by atoms with van der Waals surface area (Å²) >= 11 is 1.15. The number of aromatic nitrogens is 2. The molecule has 1 aliphatic rings. The Kier molecular flexibility index (Phi) is 13.6. The topological polar surface area (TPSA) is 99.6 Å². The number of quaternary nitrogens is 1. The number of alkyl carbamates (subject to hydrolysis) is 1. The molecule has 0 fully saturated rings. The van der Waals surface area contributed by atoms with Crippen LogP contribution in [0.3, 0.4) is 0 Å². The van der Waals surface area contributed by atoms with Crippen LogP contribution in [0.25, 0.3) is 5.57 Å². The third-order valence-corrected chi connectivity index (χ3v) is 6.97. The maximum atomic E-state index is 12.3. The molecule has 0 saturated heterocycles. The number of unbranched alkanes of at least 4 members (excludes halogenated alkanes) is 3. The summed E-state index contributed by atoms with van der Waals surface area (Å²) in [5.41, 5.74) is 2.53. The number of carbonyl (C=O) groups excluding carboxylic acids is 2. The molecule has 0 saturated carbocycles. The van der Waals surface area contributed by atoms with Crippen LogP contribution < -0.4 is 10.1 Å². The number of likely N-dealkylation sites (N-methyl/N-ethyl adjacent to an activating group) is 1. The van der Waals surface area contributed by atoms with Crippen molar-refractivity contribution in [2.75, 3.05) is 33.3 Å². The summed E-state index contributed by atoms with van der Waals surface area (Å²) in [4.78, 5) is 24.1. The standard InChI is InChI=1S/C23H38N4O5S.C7H8/c1-7-8-9-10-14-30-21-20(25-33-26-21)18-12-11-13-27(6,16-18)17(2)31-19(28)15-24-22(29)32-23(3,4)5;1-7-5-3-2-4-6-7/h12,17H,7-11,13-16H2,1-6H3;2-6H,1H3/p+1. The lowest BCUT2D eigenvalue weighted by Gasteiger charge is -2.41. The maximum absolute atomic E-state index is 12.3. The first-order valence-electron chi connectivity index (χ1n) is 14.1. The van der Waals surface area contributed by atoms with Crippen LogP contribution in [0.4, 0.5) is 4.79 Å². The zero-order valence-corrected chi connectivity index (χ0v) is 26.0. The highest BCUT2D eigenvalue weighted by atomic mass is 32.1. The zero-order valence-electron chi connectivity index (χ0n) is 25.2. The highest BCUT2D eigenvalue weighted by molar-refractivity contribution is 6.99. The van der Waals surface area contributed by atoms with Crippen molar-refractivity contribution in [1.82, 2.24) is 14.1 Å². The molecule has 2 aromatic rings. The van der Waals surface area contributed by atoms with Gasteiger partial charge in [0, 0.05) is 18.9 Å². The van der Waals surface area contributed by atoms with Crippen molar-refractivity contribution in [2.24, 2.45) is 0 Å². The predicted octanol–water partition coefficient (Wildman–Crippen LogP) is 6.14. The Bertz CT molecular complexity index is 1080. The molecule has 9 nitrogen and oxygen atoms in total. The minimum Gasteiger partial charge on any atom is -0.475 e. The van der Waals surface area contributed by atoms with Gasteiger partial charge in [0.1, 0.15) is 24.4 Å². The van der Waals surface area contributed by atoms with Gasteiger partial charge in [0.25, 0.3) is 5.88 Å². The molecule has 0 aliphatic carbocycles. The Balaban J connectivity index is 0.000000693. The first-order valence-corrected chi connectivity index (χ1v) is 14.8. The first kappa shape index (κ1) is 33.2. The molecule has 2 atom stereocenters. The quantitative estimate of drug-likeness (QED) is 0.195. The Morgan fingerprint density at radius 1 is 1.12 bits per heavy atom. The number of esters is 1. The number of nitrogens with one attached hydrogen (secondary N) is 1. The lowest BCUT2D eigenvalue weighted by Crippen LogP contribution is -2.55. The molecule has 2 unspecified atom stereocenters. The van der Waals surface area contributed by atoms with Crippen LogP contribution in [-0.4, -0.2) is 70.4 Å². The second kappa shape index (κ2) is 16.3. The average molecular weight is 576 g/mol. The van der Waals surface area contributed by atoms with Crippen LogP contribution >= 0.6 is 11.7 Å². The minimum atomic E-state index is -0.644. The molecule has 1 aliphatic heterocycles. The smallest absolute Gasteiger partial charge is 0.408 e. The van der Waals surface area contributed by atoms with Crippen LogP contribution in [0.2, 0.25) is 0 Å². The second-order valence-electron chi connectivity index (χ2n) is 11.3. The molecule has 1 amide bonds. The van der Waals surface area contributed by atoms with Crippen molar-refractivity contribution >= 4 is 29.4 Å². The number of carbonyl (C=O) groups is 2. The molecule has 10 heteroatoms. The van der Waals surface area contributed by atoms with E-state index in [0.29, 0.717) is 23.5 Å². The lowest BCUT2D eigenvalue weighted by molar-refractivity contribution is -0.944. The molecule has 2 heterocycles. The molecular weight excluding hydrogens is 528 g/mol. The normalized spacial score (nSPS) is 17.5. The van der Waals surface area contributed by atoms with E-state index < -0.39 is 23.9 Å². The van der Waals surface area contributed by atoms with Crippen molar-refractivity contribution < 1.29 is 28.3 Å². The molecule has 0 radical (unpaired) electrons. The molecule has 222 valence electrons. The number of rotatable bonds is 11. The van der Waals surface area contributed by atoms with Gasteiger partial charge in [0.2, 0.25) is 6.23 Å². The van der Waals surface area contributed by atoms with E-state index in [1.165, 1.54) is 18.4 Å². The van der Waals surface area contributed by atoms with E-state index in [4.69, 9.17) is 14.2 Å². The van der Waals surface area contributed by atoms with Crippen molar-refractivity contribution in [2.45, 2.75) is 85.5 Å². The zero-order chi connectivity index (χ0) is 29.6. The van der Waals surface area contributed by atoms with Crippen molar-refractivity contribution in [3.8, 4) is 5.88 Å². The number of nitrogens with zero attached hydrogens (tertiary/aromatic N) is 3. The van der Waals surface area contributed by atoms with E-state index in [1.54, 1.807) is 20.8 Å². The SMILES string of the molecule is CCCCCCOc1nsnc1C1=CCC[N+](C)(C(C)OC(=O)CNC(=O)OC(C)(C)C)C1.Cc1ccccc1. The van der Waals surface area contributed by atoms with Gasteiger partial charge < -0.3 is 19.5 Å². The Labute approximate surface area is 243 Å². The summed E-state index contributed by atoms with van der Waals surface area (Å²) in [5.74, 6) is 0.0812. The molecule has 1 aromatic heterocycles. The monoisotopic (exact) mass is 575 g/mol. The third kappa shape index (κ3) is 12.0. The van der Waals surface area contributed by atoms with Crippen molar-refractivity contribution in [3.05, 3.63) is 47.7 Å². The van der Waals surface area contributed by atoms with Gasteiger partial charge in [-0.1, -0.05) is 68.2 Å². The number of hydrogen-bond donors (Lipinski definition) is 1. The van der Waals surface area contributed by atoms with Gasteiger partial charge in [0.05, 0.1) is 31.9 Å². The summed E-state index contributed by atoms with van der Waals surface area (Å²) in [5, 5.41) is 2.44. The number of ether oxygens (including phenoxy) is 3. The Morgan fingerprint density at radius 3 is 2.48 bits per heavy atom. The average Bonchev–Trinajstić information content (AvgIpc) is 3.36. The van der Waals surface area contributed by atoms with Crippen molar-refractivity contribution in [1.29, 1.82) is 0 Å². The second-order valence-corrected chi connectivity index (χ2v) is 11.8. The molecule has 1 N–H and O–H groups in total. The first-order chi connectivity index (χ1) is 18.9. The van der Waals surface area contributed by atoms with Crippen LogP contribution in [0.5, 0.6) is 5.88 Å². The summed E-state index contributed by atoms with van der Waals surface area (Å²) < 4.78 is 26.0. The molecular formula is C30H47N4O5S+. The lowest BCUT2D eigenvalue weighted by atomic mass is 10.0. The number of amides is 1. The molecule has 1 aromatic carbocycles. The van der Waals surface area contributed by atoms with E-state index >= 15 is 0 Å². The minimum absolute atomic E-state index is 0.242. The van der Waals surface area contributed by atoms with Crippen LogP contribution in [-0.2, 0) is 14.3 Å². The molecule has 40 heavy (non-hydrogen) atoms. The summed E-state index contributed by atoms with van der Waals surface area (Å²) in [7, 11) is 2.05. The highest BCUT2D eigenvalue weighted by Gasteiger charge is 2.36. The van der Waals surface area contributed by atoms with E-state index in [2.05, 4.69) is 53.2 Å². The number of benzene rings is 1. The third-order valence-electron chi connectivity index (χ3n) is 6.46. The van der Waals surface area contributed by atoms with Gasteiger partial charge in [0.15, 0.2) is 0 Å². The van der Waals surface area contributed by atoms with E-state index in [-0.39, 0.29) is 6.54 Å². The van der Waals surface area contributed by atoms with E-state index in [9.17, 15) is 9.59 Å². The number of aryl methyl sites for hydroxylation is 1. The largest absolute Gasteiger partial charge is 0.475 e. The van der Waals surface area contributed by atoms with Gasteiger partial charge in [-0.05, 0) is 34.1 Å². The molecule has 0 spiro atoms. The Morgan fingerprint density at radius 2 is 1.85 bits per heavy atom. The van der Waals surface area contributed by atoms with Gasteiger partial charge in [-0.15, -0.1) is 4.37 Å². The van der Waals surface area contributed by atoms with E-state index in [1.807, 2.05) is 25.1 Å². The van der Waals surface area contributed by atoms with Gasteiger partial charge in [-0.3, -0.25) is 4.48 Å². The highest BCUT2D eigenvalue weighted by Crippen LogP contribution is 2.31. The fraction of sp³-hybridized carbons (Fsp3) is 0.600. The summed E-state index contributed by atoms with van der Waals surface area (Å²) in [6.45, 7) is 13.3. The van der Waals surface area contributed by atoms with Crippen LogP contribution in [0.15, 0.2) is 36.4 Å². The maximum Gasteiger partial charge on any atom is 0.408 e. The fourth-order valence-corrected chi connectivity index (χ4v) is 4.60. The predicted molar refractivity (Wildman–Crippen MR) is 159 cm³/mol. The van der Waals surface area contributed by atoms with Crippen LogP contribution in [0.1, 0.15) is 78.0 Å². The van der Waals surface area contributed by atoms with Gasteiger partial charge in [-0.2, -0.15) is 4.37 Å². The molecule has 3 rings (SSSR count). The molecule has 0 bridgehead atoms. The number of hydrogen-bond acceptors (Lipinski definition) is 8. The van der Waals surface area contributed by atoms with E-state index in [0.717, 1.165) is 48.8 Å². The summed E-state index contributed by atoms with van der Waals surface area (Å²) in [6, 6.07) is 10.3. The van der Waals surface area contributed by atoms with Gasteiger partial charge >= 0.3 is 12.1 Å². The summed E-state index contributed by atoms with van der Waals surface area (Å²) in [6.07, 6.45) is 6.50. The van der Waals surface area contributed by atoms with Crippen molar-refractivity contribution in [3.63, 3.8) is 0 Å². The fourth-order valence-electron chi connectivity index (χ4n) is 4.07. The Hall–Kier alpha value is -2.98. The van der Waals surface area contributed by atoms with Crippen LogP contribution in [0, 0.1) is 6.92 Å².